The minimum Gasteiger partial charge on any atom is -0.310 e. The molecule has 0 heterocycles. The fourth-order valence-electron chi connectivity index (χ4n) is 1.79. The summed E-state index contributed by atoms with van der Waals surface area (Å²) in [5, 5.41) is 3.55. The molecule has 1 N–H and O–H groups in total. The zero-order chi connectivity index (χ0) is 11.4. The van der Waals surface area contributed by atoms with E-state index in [4.69, 9.17) is 0 Å². The maximum Gasteiger partial charge on any atom is 0.0292 e. The third-order valence-corrected chi connectivity index (χ3v) is 2.58. The lowest BCUT2D eigenvalue weighted by Gasteiger charge is -2.17. The summed E-state index contributed by atoms with van der Waals surface area (Å²) in [4.78, 5) is 0. The summed E-state index contributed by atoms with van der Waals surface area (Å²) in [6.07, 6.45) is 0. The fraction of sp³-hybridized carbons (Fsp3) is 0.571. The van der Waals surface area contributed by atoms with Gasteiger partial charge < -0.3 is 5.32 Å². The largest absolute Gasteiger partial charge is 0.310 e. The van der Waals surface area contributed by atoms with Crippen LogP contribution in [0.15, 0.2) is 18.2 Å². The molecule has 1 aromatic rings. The molecular weight excluding hydrogens is 182 g/mol. The highest BCUT2D eigenvalue weighted by Crippen LogP contribution is 2.16. The van der Waals surface area contributed by atoms with Crippen LogP contribution in [0.1, 0.15) is 43.5 Å². The molecule has 1 nitrogen and oxygen atoms in total. The average molecular weight is 205 g/mol. The van der Waals surface area contributed by atoms with E-state index in [2.05, 4.69) is 58.1 Å². The van der Waals surface area contributed by atoms with Gasteiger partial charge in [0, 0.05) is 6.04 Å². The van der Waals surface area contributed by atoms with Crippen molar-refractivity contribution in [2.24, 2.45) is 5.92 Å². The van der Waals surface area contributed by atoms with Gasteiger partial charge in [0.15, 0.2) is 0 Å². The molecule has 0 aliphatic carbocycles. The Bertz CT molecular complexity index is 295. The fourth-order valence-corrected chi connectivity index (χ4v) is 1.79. The Labute approximate surface area is 93.9 Å². The van der Waals surface area contributed by atoms with Crippen LogP contribution < -0.4 is 5.32 Å². The maximum atomic E-state index is 3.55. The summed E-state index contributed by atoms with van der Waals surface area (Å²) in [7, 11) is 0. The Morgan fingerprint density at radius 1 is 1.00 bits per heavy atom. The van der Waals surface area contributed by atoms with Crippen molar-refractivity contribution >= 4 is 0 Å². The normalized spacial score (nSPS) is 13.2. The van der Waals surface area contributed by atoms with Gasteiger partial charge in [-0.15, -0.1) is 0 Å². The Kier molecular flexibility index (Phi) is 4.34. The van der Waals surface area contributed by atoms with Crippen LogP contribution in [0.2, 0.25) is 0 Å². The van der Waals surface area contributed by atoms with E-state index in [9.17, 15) is 0 Å². The molecule has 1 aromatic carbocycles. The standard InChI is InChI=1S/C14H23N/c1-10(2)9-15-13(5)14-7-11(3)6-12(4)8-14/h6-8,10,13,15H,9H2,1-5H3/t13-/m1/s1. The van der Waals surface area contributed by atoms with E-state index >= 15 is 0 Å². The van der Waals surface area contributed by atoms with Gasteiger partial charge in [0.05, 0.1) is 0 Å². The van der Waals surface area contributed by atoms with Crippen molar-refractivity contribution in [3.63, 3.8) is 0 Å². The molecule has 0 spiro atoms. The molecule has 0 saturated carbocycles. The van der Waals surface area contributed by atoms with Gasteiger partial charge in [-0.2, -0.15) is 0 Å². The quantitative estimate of drug-likeness (QED) is 0.791. The van der Waals surface area contributed by atoms with Crippen LogP contribution >= 0.6 is 0 Å². The van der Waals surface area contributed by atoms with Crippen LogP contribution in [0.25, 0.3) is 0 Å². The SMILES string of the molecule is Cc1cc(C)cc([C@@H](C)NCC(C)C)c1. The monoisotopic (exact) mass is 205 g/mol. The van der Waals surface area contributed by atoms with Crippen LogP contribution in [0.4, 0.5) is 0 Å². The molecule has 15 heavy (non-hydrogen) atoms. The van der Waals surface area contributed by atoms with E-state index in [1.54, 1.807) is 0 Å². The Morgan fingerprint density at radius 2 is 1.53 bits per heavy atom. The van der Waals surface area contributed by atoms with E-state index < -0.39 is 0 Å². The summed E-state index contributed by atoms with van der Waals surface area (Å²) in [6.45, 7) is 12.1. The zero-order valence-electron chi connectivity index (χ0n) is 10.6. The number of nitrogens with one attached hydrogen (secondary N) is 1. The van der Waals surface area contributed by atoms with E-state index in [1.807, 2.05) is 0 Å². The minimum atomic E-state index is 0.450. The first kappa shape index (κ1) is 12.3. The molecule has 1 heteroatoms. The second-order valence-corrected chi connectivity index (χ2v) is 4.94. The van der Waals surface area contributed by atoms with Crippen molar-refractivity contribution in [3.8, 4) is 0 Å². The third kappa shape index (κ3) is 4.05. The lowest BCUT2D eigenvalue weighted by Crippen LogP contribution is -2.23. The summed E-state index contributed by atoms with van der Waals surface area (Å²) < 4.78 is 0. The summed E-state index contributed by atoms with van der Waals surface area (Å²) in [5.74, 6) is 0.707. The van der Waals surface area contributed by atoms with E-state index in [0.717, 1.165) is 6.54 Å². The number of hydrogen-bond donors (Lipinski definition) is 1. The first-order valence-electron chi connectivity index (χ1n) is 5.80. The predicted molar refractivity (Wildman–Crippen MR) is 67.2 cm³/mol. The maximum absolute atomic E-state index is 3.55. The van der Waals surface area contributed by atoms with Gasteiger partial charge in [-0.25, -0.2) is 0 Å². The Balaban J connectivity index is 2.68. The molecule has 0 unspecified atom stereocenters. The van der Waals surface area contributed by atoms with Crippen molar-refractivity contribution in [1.29, 1.82) is 0 Å². The summed E-state index contributed by atoms with van der Waals surface area (Å²) in [6, 6.07) is 7.21. The molecule has 0 aliphatic rings. The Morgan fingerprint density at radius 3 is 2.00 bits per heavy atom. The first-order chi connectivity index (χ1) is 6.99. The molecule has 0 aliphatic heterocycles. The third-order valence-electron chi connectivity index (χ3n) is 2.58. The van der Waals surface area contributed by atoms with Crippen LogP contribution in [-0.4, -0.2) is 6.54 Å². The number of aryl methyl sites for hydroxylation is 2. The number of benzene rings is 1. The first-order valence-corrected chi connectivity index (χ1v) is 5.80. The molecule has 84 valence electrons. The molecule has 0 aromatic heterocycles. The molecule has 0 radical (unpaired) electrons. The zero-order valence-corrected chi connectivity index (χ0v) is 10.6. The lowest BCUT2D eigenvalue weighted by atomic mass is 10.0. The van der Waals surface area contributed by atoms with Gasteiger partial charge >= 0.3 is 0 Å². The summed E-state index contributed by atoms with van der Waals surface area (Å²) in [5.41, 5.74) is 4.10. The van der Waals surface area contributed by atoms with Gasteiger partial charge in [-0.3, -0.25) is 0 Å². The van der Waals surface area contributed by atoms with Gasteiger partial charge in [-0.1, -0.05) is 43.2 Å². The number of rotatable bonds is 4. The smallest absolute Gasteiger partial charge is 0.0292 e. The highest BCUT2D eigenvalue weighted by molar-refractivity contribution is 5.30. The predicted octanol–water partition coefficient (Wildman–Crippen LogP) is 3.61. The minimum absolute atomic E-state index is 0.450. The van der Waals surface area contributed by atoms with Crippen LogP contribution in [0.5, 0.6) is 0 Å². The average Bonchev–Trinajstić information content (AvgIpc) is 2.12. The topological polar surface area (TPSA) is 12.0 Å². The second kappa shape index (κ2) is 5.32. The van der Waals surface area contributed by atoms with Crippen LogP contribution in [0, 0.1) is 19.8 Å². The van der Waals surface area contributed by atoms with Crippen LogP contribution in [0.3, 0.4) is 0 Å². The molecule has 0 saturated heterocycles. The molecule has 1 atom stereocenters. The van der Waals surface area contributed by atoms with Crippen molar-refractivity contribution in [3.05, 3.63) is 34.9 Å². The van der Waals surface area contributed by atoms with Crippen molar-refractivity contribution in [2.45, 2.75) is 40.7 Å². The van der Waals surface area contributed by atoms with Gasteiger partial charge in [0.2, 0.25) is 0 Å². The van der Waals surface area contributed by atoms with Crippen molar-refractivity contribution < 1.29 is 0 Å². The summed E-state index contributed by atoms with van der Waals surface area (Å²) >= 11 is 0. The second-order valence-electron chi connectivity index (χ2n) is 4.94. The molecule has 0 amide bonds. The van der Waals surface area contributed by atoms with E-state index in [0.29, 0.717) is 12.0 Å². The van der Waals surface area contributed by atoms with Crippen molar-refractivity contribution in [1.82, 2.24) is 5.32 Å². The van der Waals surface area contributed by atoms with E-state index in [1.165, 1.54) is 16.7 Å². The van der Waals surface area contributed by atoms with Crippen molar-refractivity contribution in [2.75, 3.05) is 6.54 Å². The molecule has 0 bridgehead atoms. The highest BCUT2D eigenvalue weighted by Gasteiger charge is 2.06. The lowest BCUT2D eigenvalue weighted by molar-refractivity contribution is 0.496. The van der Waals surface area contributed by atoms with Gasteiger partial charge in [0.1, 0.15) is 0 Å². The highest BCUT2D eigenvalue weighted by atomic mass is 14.9. The molecule has 0 fully saturated rings. The van der Waals surface area contributed by atoms with Crippen LogP contribution in [-0.2, 0) is 0 Å². The molecular formula is C14H23N. The number of hydrogen-bond acceptors (Lipinski definition) is 1. The van der Waals surface area contributed by atoms with Gasteiger partial charge in [0.25, 0.3) is 0 Å². The van der Waals surface area contributed by atoms with Gasteiger partial charge in [-0.05, 0) is 38.8 Å². The Hall–Kier alpha value is -0.820. The molecule has 1 rings (SSSR count). The van der Waals surface area contributed by atoms with E-state index in [-0.39, 0.29) is 0 Å².